The summed E-state index contributed by atoms with van der Waals surface area (Å²) in [4.78, 5) is 15.5. The Morgan fingerprint density at radius 1 is 1.37 bits per heavy atom. The first-order chi connectivity index (χ1) is 14.3. The number of hydrogen-bond acceptors (Lipinski definition) is 5. The van der Waals surface area contributed by atoms with Crippen LogP contribution in [-0.4, -0.2) is 43.3 Å². The highest BCUT2D eigenvalue weighted by Gasteiger charge is 2.34. The highest BCUT2D eigenvalue weighted by molar-refractivity contribution is 6.30. The second-order valence-electron chi connectivity index (χ2n) is 7.25. The molecule has 2 atom stereocenters. The Hall–Kier alpha value is -2.84. The maximum Gasteiger partial charge on any atom is 0.405 e. The van der Waals surface area contributed by atoms with Gasteiger partial charge < -0.3 is 20.3 Å². The van der Waals surface area contributed by atoms with Crippen molar-refractivity contribution in [1.82, 2.24) is 20.1 Å². The second kappa shape index (κ2) is 9.32. The molecule has 0 fully saturated rings. The molecule has 30 heavy (non-hydrogen) atoms. The van der Waals surface area contributed by atoms with Crippen LogP contribution in [0.25, 0.3) is 10.9 Å². The van der Waals surface area contributed by atoms with Crippen LogP contribution in [0.4, 0.5) is 4.79 Å². The fourth-order valence-electron chi connectivity index (χ4n) is 3.50. The zero-order chi connectivity index (χ0) is 21.7. The van der Waals surface area contributed by atoms with Crippen molar-refractivity contribution in [3.05, 3.63) is 53.3 Å². The molecule has 0 aliphatic carbocycles. The summed E-state index contributed by atoms with van der Waals surface area (Å²) in [5.74, 6) is 0.389. The molecule has 0 spiro atoms. The summed E-state index contributed by atoms with van der Waals surface area (Å²) in [6, 6.07) is 9.97. The highest BCUT2D eigenvalue weighted by atomic mass is 35.5. The van der Waals surface area contributed by atoms with Crippen LogP contribution < -0.4 is 10.1 Å². The molecule has 0 aliphatic heterocycles. The minimum absolute atomic E-state index is 0.280. The summed E-state index contributed by atoms with van der Waals surface area (Å²) >= 11 is 6.09. The van der Waals surface area contributed by atoms with Gasteiger partial charge in [-0.1, -0.05) is 41.9 Å². The number of carboxylic acid groups (broad SMARTS) is 1. The van der Waals surface area contributed by atoms with Gasteiger partial charge in [0.05, 0.1) is 24.4 Å². The summed E-state index contributed by atoms with van der Waals surface area (Å²) in [5, 5.41) is 28.1. The number of rotatable bonds is 9. The third kappa shape index (κ3) is 5.01. The van der Waals surface area contributed by atoms with Crippen LogP contribution in [0.2, 0.25) is 5.15 Å². The van der Waals surface area contributed by atoms with E-state index < -0.39 is 17.7 Å². The summed E-state index contributed by atoms with van der Waals surface area (Å²) < 4.78 is 7.64. The van der Waals surface area contributed by atoms with Crippen molar-refractivity contribution in [2.45, 2.75) is 44.9 Å². The van der Waals surface area contributed by atoms with E-state index in [0.29, 0.717) is 36.0 Å². The molecule has 1 amide bonds. The Labute approximate surface area is 179 Å². The van der Waals surface area contributed by atoms with Crippen molar-refractivity contribution in [3.63, 3.8) is 0 Å². The van der Waals surface area contributed by atoms with Gasteiger partial charge in [0.15, 0.2) is 0 Å². The largest absolute Gasteiger partial charge is 0.476 e. The molecule has 2 heterocycles. The Bertz CT molecular complexity index is 1010. The molecule has 2 aromatic heterocycles. The average molecular weight is 433 g/mol. The fourth-order valence-corrected chi connectivity index (χ4v) is 3.69. The van der Waals surface area contributed by atoms with Gasteiger partial charge in [0.25, 0.3) is 0 Å². The Morgan fingerprint density at radius 3 is 2.77 bits per heavy atom. The molecule has 0 aliphatic rings. The zero-order valence-corrected chi connectivity index (χ0v) is 17.6. The topological polar surface area (TPSA) is 110 Å². The van der Waals surface area contributed by atoms with Gasteiger partial charge in [-0.3, -0.25) is 4.68 Å². The summed E-state index contributed by atoms with van der Waals surface area (Å²) in [7, 11) is 0. The van der Waals surface area contributed by atoms with E-state index in [1.807, 2.05) is 13.0 Å². The van der Waals surface area contributed by atoms with E-state index in [1.54, 1.807) is 48.1 Å². The molecular weight excluding hydrogens is 408 g/mol. The van der Waals surface area contributed by atoms with Crippen LogP contribution in [0.15, 0.2) is 42.6 Å². The minimum Gasteiger partial charge on any atom is -0.476 e. The van der Waals surface area contributed by atoms with Gasteiger partial charge >= 0.3 is 6.09 Å². The molecule has 3 N–H and O–H groups in total. The van der Waals surface area contributed by atoms with E-state index in [9.17, 15) is 15.0 Å². The fraction of sp³-hybridized carbons (Fsp3) is 0.381. The highest BCUT2D eigenvalue weighted by Crippen LogP contribution is 2.31. The SMILES string of the molecule is CCn1ncc2cc(Cl)nc(OCCCC(C)(O)C(NC(=O)O)c3ccccc3)c21. The lowest BCUT2D eigenvalue weighted by Gasteiger charge is -2.33. The number of ether oxygens (including phenoxy) is 1. The van der Waals surface area contributed by atoms with Crippen molar-refractivity contribution in [2.75, 3.05) is 6.61 Å². The number of amides is 1. The quantitative estimate of drug-likeness (QED) is 0.348. The number of benzene rings is 1. The predicted octanol–water partition coefficient (Wildman–Crippen LogP) is 4.02. The smallest absolute Gasteiger partial charge is 0.405 e. The van der Waals surface area contributed by atoms with Crippen molar-refractivity contribution in [3.8, 4) is 5.88 Å². The maximum absolute atomic E-state index is 11.3. The maximum atomic E-state index is 11.3. The first kappa shape index (κ1) is 21.9. The van der Waals surface area contributed by atoms with Crippen LogP contribution in [0.3, 0.4) is 0 Å². The molecule has 160 valence electrons. The van der Waals surface area contributed by atoms with E-state index in [2.05, 4.69) is 15.4 Å². The van der Waals surface area contributed by atoms with E-state index in [1.165, 1.54) is 0 Å². The zero-order valence-electron chi connectivity index (χ0n) is 16.9. The molecular formula is C21H25ClN4O4. The number of halogens is 1. The summed E-state index contributed by atoms with van der Waals surface area (Å²) in [5.41, 5.74) is 0.144. The van der Waals surface area contributed by atoms with Gasteiger partial charge in [-0.25, -0.2) is 4.79 Å². The molecule has 0 saturated carbocycles. The van der Waals surface area contributed by atoms with Crippen LogP contribution >= 0.6 is 11.6 Å². The van der Waals surface area contributed by atoms with Crippen molar-refractivity contribution in [2.24, 2.45) is 0 Å². The Morgan fingerprint density at radius 2 is 2.10 bits per heavy atom. The lowest BCUT2D eigenvalue weighted by molar-refractivity contribution is 0.00655. The molecule has 0 saturated heterocycles. The lowest BCUT2D eigenvalue weighted by atomic mass is 9.86. The molecule has 8 nitrogen and oxygen atoms in total. The summed E-state index contributed by atoms with van der Waals surface area (Å²) in [6.07, 6.45) is 1.31. The van der Waals surface area contributed by atoms with Gasteiger partial charge in [0.2, 0.25) is 5.88 Å². The number of fused-ring (bicyclic) bond motifs is 1. The first-order valence-electron chi connectivity index (χ1n) is 9.73. The first-order valence-corrected chi connectivity index (χ1v) is 10.1. The van der Waals surface area contributed by atoms with Crippen molar-refractivity contribution in [1.29, 1.82) is 0 Å². The predicted molar refractivity (Wildman–Crippen MR) is 114 cm³/mol. The number of nitrogens with one attached hydrogen (secondary N) is 1. The number of nitrogens with zero attached hydrogens (tertiary/aromatic N) is 3. The number of pyridine rings is 1. The van der Waals surface area contributed by atoms with Crippen LogP contribution in [-0.2, 0) is 6.54 Å². The average Bonchev–Trinajstić information content (AvgIpc) is 3.12. The van der Waals surface area contributed by atoms with E-state index >= 15 is 0 Å². The number of aliphatic hydroxyl groups is 1. The van der Waals surface area contributed by atoms with E-state index in [0.717, 1.165) is 10.9 Å². The minimum atomic E-state index is -1.31. The molecule has 0 radical (unpaired) electrons. The second-order valence-corrected chi connectivity index (χ2v) is 7.64. The van der Waals surface area contributed by atoms with Crippen LogP contribution in [0.1, 0.15) is 38.3 Å². The normalized spacial score (nSPS) is 14.3. The third-order valence-electron chi connectivity index (χ3n) is 4.94. The number of hydrogen-bond donors (Lipinski definition) is 3. The third-order valence-corrected chi connectivity index (χ3v) is 5.14. The van der Waals surface area contributed by atoms with Crippen molar-refractivity contribution >= 4 is 28.6 Å². The van der Waals surface area contributed by atoms with Gasteiger partial charge in [-0.05, 0) is 38.3 Å². The number of aryl methyl sites for hydroxylation is 1. The molecule has 2 unspecified atom stereocenters. The molecule has 3 aromatic rings. The van der Waals surface area contributed by atoms with Gasteiger partial charge in [-0.15, -0.1) is 0 Å². The monoisotopic (exact) mass is 432 g/mol. The standard InChI is InChI=1S/C21H25ClN4O4/c1-3-26-17-15(13-23-26)12-16(22)24-19(17)30-11-7-10-21(2,29)18(25-20(27)28)14-8-5-4-6-9-14/h4-6,8-9,12-13,18,25,29H,3,7,10-11H2,1-2H3,(H,27,28). The molecule has 0 bridgehead atoms. The van der Waals surface area contributed by atoms with Crippen LogP contribution in [0, 0.1) is 0 Å². The molecule has 1 aromatic carbocycles. The van der Waals surface area contributed by atoms with Gasteiger partial charge in [-0.2, -0.15) is 10.1 Å². The molecule has 9 heteroatoms. The number of aromatic nitrogens is 3. The Balaban J connectivity index is 1.68. The molecule has 3 rings (SSSR count). The van der Waals surface area contributed by atoms with Crippen molar-refractivity contribution < 1.29 is 19.7 Å². The van der Waals surface area contributed by atoms with Crippen LogP contribution in [0.5, 0.6) is 5.88 Å². The summed E-state index contributed by atoms with van der Waals surface area (Å²) in [6.45, 7) is 4.53. The van der Waals surface area contributed by atoms with E-state index in [4.69, 9.17) is 16.3 Å². The Kier molecular flexibility index (Phi) is 6.79. The van der Waals surface area contributed by atoms with E-state index in [-0.39, 0.29) is 6.61 Å². The lowest BCUT2D eigenvalue weighted by Crippen LogP contribution is -2.44. The van der Waals surface area contributed by atoms with Gasteiger partial charge in [0.1, 0.15) is 10.7 Å². The van der Waals surface area contributed by atoms with Gasteiger partial charge in [0, 0.05) is 11.9 Å². The number of carbonyl (C=O) groups is 1.